The Hall–Kier alpha value is -1.79. The van der Waals surface area contributed by atoms with Gasteiger partial charge >= 0.3 is 0 Å². The molecule has 0 atom stereocenters. The Labute approximate surface area is 115 Å². The summed E-state index contributed by atoms with van der Waals surface area (Å²) < 4.78 is 24.0. The molecule has 0 saturated carbocycles. The SMILES string of the molecule is NC(=O)c1cc(S(=O)(=O)Cl)cn1Cc1ccccc1. The number of rotatable bonds is 4. The van der Waals surface area contributed by atoms with Gasteiger partial charge in [0.1, 0.15) is 10.6 Å². The maximum absolute atomic E-state index is 11.3. The van der Waals surface area contributed by atoms with E-state index in [2.05, 4.69) is 0 Å². The first-order valence-electron chi connectivity index (χ1n) is 5.36. The molecule has 19 heavy (non-hydrogen) atoms. The lowest BCUT2D eigenvalue weighted by Crippen LogP contribution is -2.16. The van der Waals surface area contributed by atoms with E-state index in [4.69, 9.17) is 16.4 Å². The van der Waals surface area contributed by atoms with Crippen LogP contribution in [-0.2, 0) is 15.6 Å². The van der Waals surface area contributed by atoms with Crippen molar-refractivity contribution in [1.82, 2.24) is 4.57 Å². The van der Waals surface area contributed by atoms with Crippen molar-refractivity contribution >= 4 is 25.6 Å². The molecular weight excluding hydrogens is 288 g/mol. The first kappa shape index (κ1) is 13.6. The van der Waals surface area contributed by atoms with Gasteiger partial charge < -0.3 is 10.3 Å². The number of primary amides is 1. The van der Waals surface area contributed by atoms with Crippen molar-refractivity contribution in [3.8, 4) is 0 Å². The highest BCUT2D eigenvalue weighted by molar-refractivity contribution is 8.13. The maximum atomic E-state index is 11.3. The van der Waals surface area contributed by atoms with Crippen molar-refractivity contribution in [3.63, 3.8) is 0 Å². The number of hydrogen-bond donors (Lipinski definition) is 1. The van der Waals surface area contributed by atoms with Crippen molar-refractivity contribution in [2.24, 2.45) is 5.73 Å². The predicted molar refractivity (Wildman–Crippen MR) is 71.5 cm³/mol. The number of benzene rings is 1. The molecule has 0 spiro atoms. The van der Waals surface area contributed by atoms with Crippen molar-refractivity contribution in [2.75, 3.05) is 0 Å². The van der Waals surface area contributed by atoms with Gasteiger partial charge in [-0.15, -0.1) is 0 Å². The molecule has 0 radical (unpaired) electrons. The molecule has 0 aliphatic rings. The fourth-order valence-electron chi connectivity index (χ4n) is 1.74. The standard InChI is InChI=1S/C12H11ClN2O3S/c13-19(17,18)10-6-11(12(14)16)15(8-10)7-9-4-2-1-3-5-9/h1-6,8H,7H2,(H2,14,16). The normalized spacial score (nSPS) is 11.4. The lowest BCUT2D eigenvalue weighted by atomic mass is 10.2. The van der Waals surface area contributed by atoms with Crippen LogP contribution in [0.2, 0.25) is 0 Å². The maximum Gasteiger partial charge on any atom is 0.265 e. The highest BCUT2D eigenvalue weighted by atomic mass is 35.7. The van der Waals surface area contributed by atoms with E-state index >= 15 is 0 Å². The van der Waals surface area contributed by atoms with Gasteiger partial charge in [0, 0.05) is 23.4 Å². The number of carbonyl (C=O) groups excluding carboxylic acids is 1. The van der Waals surface area contributed by atoms with Crippen molar-refractivity contribution in [3.05, 3.63) is 53.9 Å². The molecule has 1 aromatic carbocycles. The molecule has 1 amide bonds. The molecule has 100 valence electrons. The monoisotopic (exact) mass is 298 g/mol. The Bertz CT molecular complexity index is 708. The topological polar surface area (TPSA) is 82.2 Å². The molecule has 0 aliphatic heterocycles. The number of aromatic nitrogens is 1. The van der Waals surface area contributed by atoms with Gasteiger partial charge in [0.05, 0.1) is 0 Å². The number of amides is 1. The van der Waals surface area contributed by atoms with Crippen LogP contribution in [0.5, 0.6) is 0 Å². The second kappa shape index (κ2) is 5.07. The van der Waals surface area contributed by atoms with Crippen LogP contribution in [0.15, 0.2) is 47.5 Å². The van der Waals surface area contributed by atoms with Crippen LogP contribution in [0.4, 0.5) is 0 Å². The zero-order chi connectivity index (χ0) is 14.0. The summed E-state index contributed by atoms with van der Waals surface area (Å²) in [6.45, 7) is 0.339. The third-order valence-corrected chi connectivity index (χ3v) is 3.92. The molecule has 0 aliphatic carbocycles. The second-order valence-corrected chi connectivity index (χ2v) is 6.54. The van der Waals surface area contributed by atoms with E-state index in [1.807, 2.05) is 30.3 Å². The Morgan fingerprint density at radius 2 is 1.89 bits per heavy atom. The first-order chi connectivity index (χ1) is 8.88. The first-order valence-corrected chi connectivity index (χ1v) is 7.67. The quantitative estimate of drug-likeness (QED) is 0.870. The van der Waals surface area contributed by atoms with Crippen molar-refractivity contribution in [1.29, 1.82) is 0 Å². The third-order valence-electron chi connectivity index (χ3n) is 2.60. The van der Waals surface area contributed by atoms with Crippen molar-refractivity contribution < 1.29 is 13.2 Å². The van der Waals surface area contributed by atoms with E-state index in [0.717, 1.165) is 5.56 Å². The van der Waals surface area contributed by atoms with E-state index < -0.39 is 15.0 Å². The van der Waals surface area contributed by atoms with E-state index in [-0.39, 0.29) is 10.6 Å². The molecule has 1 heterocycles. The van der Waals surface area contributed by atoms with Gasteiger partial charge in [0.2, 0.25) is 0 Å². The van der Waals surface area contributed by atoms with E-state index in [1.54, 1.807) is 0 Å². The lowest BCUT2D eigenvalue weighted by Gasteiger charge is -2.06. The van der Waals surface area contributed by atoms with Gasteiger partial charge in [-0.05, 0) is 11.6 Å². The number of carbonyl (C=O) groups is 1. The smallest absolute Gasteiger partial charge is 0.265 e. The fourth-order valence-corrected chi connectivity index (χ4v) is 2.49. The van der Waals surface area contributed by atoms with Gasteiger partial charge in [-0.2, -0.15) is 0 Å². The summed E-state index contributed by atoms with van der Waals surface area (Å²) in [5.74, 6) is -0.706. The zero-order valence-corrected chi connectivity index (χ0v) is 11.4. The molecule has 7 heteroatoms. The average molecular weight is 299 g/mol. The average Bonchev–Trinajstić information content (AvgIpc) is 2.74. The highest BCUT2D eigenvalue weighted by Crippen LogP contribution is 2.19. The number of halogens is 1. The third kappa shape index (κ3) is 3.15. The van der Waals surface area contributed by atoms with Gasteiger partial charge in [0.15, 0.2) is 0 Å². The van der Waals surface area contributed by atoms with Crippen molar-refractivity contribution in [2.45, 2.75) is 11.4 Å². The number of nitrogens with two attached hydrogens (primary N) is 1. The Balaban J connectivity index is 2.45. The molecule has 0 unspecified atom stereocenters. The minimum atomic E-state index is -3.89. The van der Waals surface area contributed by atoms with E-state index in [1.165, 1.54) is 16.8 Å². The van der Waals surface area contributed by atoms with Crippen LogP contribution in [0.25, 0.3) is 0 Å². The lowest BCUT2D eigenvalue weighted by molar-refractivity contribution is 0.0992. The van der Waals surface area contributed by atoms with E-state index in [9.17, 15) is 13.2 Å². The summed E-state index contributed by atoms with van der Waals surface area (Å²) in [5.41, 5.74) is 6.24. The molecular formula is C12H11ClN2O3S. The number of hydrogen-bond acceptors (Lipinski definition) is 3. The molecule has 0 fully saturated rings. The van der Waals surface area contributed by atoms with E-state index in [0.29, 0.717) is 6.54 Å². The molecule has 1 aromatic heterocycles. The zero-order valence-electron chi connectivity index (χ0n) is 9.78. The summed E-state index contributed by atoms with van der Waals surface area (Å²) in [5, 5.41) is 0. The summed E-state index contributed by atoms with van der Waals surface area (Å²) >= 11 is 0. The Morgan fingerprint density at radius 1 is 1.26 bits per heavy atom. The van der Waals surface area contributed by atoms with Crippen LogP contribution in [0.1, 0.15) is 16.1 Å². The van der Waals surface area contributed by atoms with Crippen LogP contribution >= 0.6 is 10.7 Å². The van der Waals surface area contributed by atoms with Gasteiger partial charge in [0.25, 0.3) is 15.0 Å². The summed E-state index contributed by atoms with van der Waals surface area (Å²) in [6, 6.07) is 10.5. The molecule has 5 nitrogen and oxygen atoms in total. The van der Waals surface area contributed by atoms with Crippen LogP contribution in [0.3, 0.4) is 0 Å². The Kier molecular flexibility index (Phi) is 3.64. The van der Waals surface area contributed by atoms with Gasteiger partial charge in [-0.3, -0.25) is 4.79 Å². The van der Waals surface area contributed by atoms with Crippen LogP contribution < -0.4 is 5.73 Å². The minimum Gasteiger partial charge on any atom is -0.364 e. The molecule has 2 N–H and O–H groups in total. The summed E-state index contributed by atoms with van der Waals surface area (Å²) in [4.78, 5) is 11.2. The molecule has 0 saturated heterocycles. The molecule has 2 aromatic rings. The molecule has 2 rings (SSSR count). The second-order valence-electron chi connectivity index (χ2n) is 3.98. The largest absolute Gasteiger partial charge is 0.364 e. The summed E-state index contributed by atoms with van der Waals surface area (Å²) in [7, 11) is 1.37. The minimum absolute atomic E-state index is 0.100. The van der Waals surface area contributed by atoms with Gasteiger partial charge in [-0.25, -0.2) is 8.42 Å². The van der Waals surface area contributed by atoms with Crippen LogP contribution in [-0.4, -0.2) is 18.9 Å². The summed E-state index contributed by atoms with van der Waals surface area (Å²) in [6.07, 6.45) is 1.30. The van der Waals surface area contributed by atoms with Gasteiger partial charge in [-0.1, -0.05) is 30.3 Å². The number of nitrogens with zero attached hydrogens (tertiary/aromatic N) is 1. The van der Waals surface area contributed by atoms with Crippen LogP contribution in [0, 0.1) is 0 Å². The predicted octanol–water partition coefficient (Wildman–Crippen LogP) is 1.56. The fraction of sp³-hybridized carbons (Fsp3) is 0.0833. The molecule has 0 bridgehead atoms. The Morgan fingerprint density at radius 3 is 2.42 bits per heavy atom. The highest BCUT2D eigenvalue weighted by Gasteiger charge is 2.18.